The molecule has 2 fully saturated rings. The van der Waals surface area contributed by atoms with E-state index in [1.807, 2.05) is 0 Å². The van der Waals surface area contributed by atoms with Crippen molar-refractivity contribution in [2.45, 2.75) is 13.3 Å². The summed E-state index contributed by atoms with van der Waals surface area (Å²) in [5, 5.41) is 9.28. The van der Waals surface area contributed by atoms with Crippen molar-refractivity contribution in [3.05, 3.63) is 17.5 Å². The number of carboxylic acid groups (broad SMARTS) is 1. The number of rotatable bonds is 5. The van der Waals surface area contributed by atoms with Gasteiger partial charge < -0.3 is 19.6 Å². The summed E-state index contributed by atoms with van der Waals surface area (Å²) in [6.07, 6.45) is 0.755. The fraction of sp³-hybridized carbons (Fsp3) is 0.667. The summed E-state index contributed by atoms with van der Waals surface area (Å²) < 4.78 is 5.18. The van der Waals surface area contributed by atoms with Crippen molar-refractivity contribution in [1.29, 1.82) is 0 Å². The highest BCUT2D eigenvalue weighted by molar-refractivity contribution is 5.85. The Morgan fingerprint density at radius 1 is 1.32 bits per heavy atom. The van der Waals surface area contributed by atoms with Crippen molar-refractivity contribution in [3.63, 3.8) is 0 Å². The molecular weight excluding hydrogens is 284 g/mol. The third-order valence-electron chi connectivity index (χ3n) is 4.29. The third kappa shape index (κ3) is 3.36. The molecule has 7 heteroatoms. The van der Waals surface area contributed by atoms with Crippen molar-refractivity contribution in [2.75, 3.05) is 50.8 Å². The van der Waals surface area contributed by atoms with E-state index >= 15 is 0 Å². The largest absolute Gasteiger partial charge is 0.477 e. The van der Waals surface area contributed by atoms with Crippen molar-refractivity contribution in [2.24, 2.45) is 5.92 Å². The zero-order valence-electron chi connectivity index (χ0n) is 12.9. The zero-order chi connectivity index (χ0) is 15.5. The first-order chi connectivity index (χ1) is 10.7. The third-order valence-corrected chi connectivity index (χ3v) is 4.29. The van der Waals surface area contributed by atoms with Crippen LogP contribution in [0.1, 0.15) is 23.1 Å². The van der Waals surface area contributed by atoms with Crippen LogP contribution in [0.2, 0.25) is 0 Å². The van der Waals surface area contributed by atoms with Crippen LogP contribution in [-0.4, -0.2) is 71.9 Å². The summed E-state index contributed by atoms with van der Waals surface area (Å²) in [7, 11) is 0. The van der Waals surface area contributed by atoms with Gasteiger partial charge >= 0.3 is 5.97 Å². The number of hydrogen-bond acceptors (Lipinski definition) is 6. The van der Waals surface area contributed by atoms with Gasteiger partial charge in [0, 0.05) is 37.8 Å². The van der Waals surface area contributed by atoms with Crippen LogP contribution in [0.3, 0.4) is 0 Å². The van der Waals surface area contributed by atoms with Gasteiger partial charge in [-0.25, -0.2) is 14.8 Å². The SMILES string of the molecule is CCN1CCN(c2nc(CC3COC3)cc(C(=O)O)n2)CC1. The number of piperazine rings is 1. The normalized spacial score (nSPS) is 20.0. The van der Waals surface area contributed by atoms with Crippen LogP contribution in [0.25, 0.3) is 0 Å². The van der Waals surface area contributed by atoms with Crippen LogP contribution < -0.4 is 4.90 Å². The smallest absolute Gasteiger partial charge is 0.354 e. The molecular formula is C15H22N4O3. The number of carbonyl (C=O) groups is 1. The Labute approximate surface area is 129 Å². The Morgan fingerprint density at radius 2 is 2.05 bits per heavy atom. The first-order valence-electron chi connectivity index (χ1n) is 7.82. The Hall–Kier alpha value is -1.73. The van der Waals surface area contributed by atoms with E-state index in [1.165, 1.54) is 0 Å². The Morgan fingerprint density at radius 3 is 2.59 bits per heavy atom. The Balaban J connectivity index is 1.78. The average Bonchev–Trinajstić information content (AvgIpc) is 2.51. The highest BCUT2D eigenvalue weighted by Gasteiger charge is 2.23. The predicted molar refractivity (Wildman–Crippen MR) is 81.3 cm³/mol. The molecule has 0 radical (unpaired) electrons. The molecule has 1 aromatic rings. The van der Waals surface area contributed by atoms with Crippen molar-refractivity contribution in [3.8, 4) is 0 Å². The minimum absolute atomic E-state index is 0.0816. The fourth-order valence-electron chi connectivity index (χ4n) is 2.80. The molecule has 22 heavy (non-hydrogen) atoms. The molecule has 3 heterocycles. The maximum Gasteiger partial charge on any atom is 0.354 e. The molecule has 120 valence electrons. The Kier molecular flexibility index (Phi) is 4.54. The Bertz CT molecular complexity index is 540. The number of hydrogen-bond donors (Lipinski definition) is 1. The summed E-state index contributed by atoms with van der Waals surface area (Å²) in [6, 6.07) is 1.59. The molecule has 1 N–H and O–H groups in total. The number of anilines is 1. The van der Waals surface area contributed by atoms with Gasteiger partial charge in [0.25, 0.3) is 0 Å². The molecule has 0 aliphatic carbocycles. The second-order valence-electron chi connectivity index (χ2n) is 5.88. The van der Waals surface area contributed by atoms with Gasteiger partial charge in [0.15, 0.2) is 5.69 Å². The van der Waals surface area contributed by atoms with Gasteiger partial charge in [0.05, 0.1) is 13.2 Å². The molecule has 0 bridgehead atoms. The quantitative estimate of drug-likeness (QED) is 0.849. The average molecular weight is 306 g/mol. The summed E-state index contributed by atoms with van der Waals surface area (Å²) in [5.74, 6) is -0.00539. The molecule has 1 aromatic heterocycles. The van der Waals surface area contributed by atoms with Gasteiger partial charge in [-0.2, -0.15) is 0 Å². The molecule has 2 aliphatic heterocycles. The fourth-order valence-corrected chi connectivity index (χ4v) is 2.80. The maximum atomic E-state index is 11.3. The molecule has 2 aliphatic rings. The van der Waals surface area contributed by atoms with Gasteiger partial charge in [-0.3, -0.25) is 0 Å². The molecule has 0 unspecified atom stereocenters. The maximum absolute atomic E-state index is 11.3. The lowest BCUT2D eigenvalue weighted by atomic mass is 10.0. The van der Waals surface area contributed by atoms with Crippen LogP contribution in [-0.2, 0) is 11.2 Å². The zero-order valence-corrected chi connectivity index (χ0v) is 12.9. The number of likely N-dealkylation sites (N-methyl/N-ethyl adjacent to an activating group) is 1. The molecule has 0 amide bonds. The molecule has 0 spiro atoms. The summed E-state index contributed by atoms with van der Waals surface area (Å²) in [4.78, 5) is 24.6. The lowest BCUT2D eigenvalue weighted by Gasteiger charge is -2.34. The van der Waals surface area contributed by atoms with Crippen molar-refractivity contribution < 1.29 is 14.6 Å². The molecule has 7 nitrogen and oxygen atoms in total. The van der Waals surface area contributed by atoms with Crippen molar-refractivity contribution in [1.82, 2.24) is 14.9 Å². The van der Waals surface area contributed by atoms with Gasteiger partial charge in [-0.05, 0) is 19.0 Å². The lowest BCUT2D eigenvalue weighted by Crippen LogP contribution is -2.47. The van der Waals surface area contributed by atoms with E-state index in [2.05, 4.69) is 26.7 Å². The van der Waals surface area contributed by atoms with Gasteiger partial charge in [0.2, 0.25) is 5.95 Å². The minimum atomic E-state index is -0.998. The van der Waals surface area contributed by atoms with Gasteiger partial charge in [-0.1, -0.05) is 6.92 Å². The second kappa shape index (κ2) is 6.58. The summed E-state index contributed by atoms with van der Waals surface area (Å²) >= 11 is 0. The van der Waals surface area contributed by atoms with E-state index < -0.39 is 5.97 Å². The van der Waals surface area contributed by atoms with Crippen LogP contribution in [0.5, 0.6) is 0 Å². The monoisotopic (exact) mass is 306 g/mol. The van der Waals surface area contributed by atoms with E-state index in [1.54, 1.807) is 6.07 Å². The molecule has 3 rings (SSSR count). The predicted octanol–water partition coefficient (Wildman–Crippen LogP) is 0.506. The number of aromatic carboxylic acids is 1. The summed E-state index contributed by atoms with van der Waals surface area (Å²) in [6.45, 7) is 8.25. The van der Waals surface area contributed by atoms with Crippen LogP contribution in [0, 0.1) is 5.92 Å². The standard InChI is InChI=1S/C15H22N4O3/c1-2-18-3-5-19(6-4-18)15-16-12(7-11-9-22-10-11)8-13(17-15)14(20)21/h8,11H,2-7,9-10H2,1H3,(H,20,21). The number of nitrogens with zero attached hydrogens (tertiary/aromatic N) is 4. The number of carboxylic acids is 1. The van der Waals surface area contributed by atoms with E-state index in [0.29, 0.717) is 11.9 Å². The summed E-state index contributed by atoms with van der Waals surface area (Å²) in [5.41, 5.74) is 0.881. The molecule has 0 aromatic carbocycles. The van der Waals surface area contributed by atoms with E-state index in [0.717, 1.165) is 58.1 Å². The highest BCUT2D eigenvalue weighted by Crippen LogP contribution is 2.19. The highest BCUT2D eigenvalue weighted by atomic mass is 16.5. The lowest BCUT2D eigenvalue weighted by molar-refractivity contribution is -0.0316. The minimum Gasteiger partial charge on any atom is -0.477 e. The molecule has 0 saturated carbocycles. The first kappa shape index (κ1) is 15.2. The van der Waals surface area contributed by atoms with E-state index in [-0.39, 0.29) is 5.69 Å². The number of ether oxygens (including phenoxy) is 1. The second-order valence-corrected chi connectivity index (χ2v) is 5.88. The van der Waals surface area contributed by atoms with Crippen molar-refractivity contribution >= 4 is 11.9 Å². The van der Waals surface area contributed by atoms with Gasteiger partial charge in [-0.15, -0.1) is 0 Å². The topological polar surface area (TPSA) is 78.8 Å². The van der Waals surface area contributed by atoms with Crippen LogP contribution >= 0.6 is 0 Å². The van der Waals surface area contributed by atoms with E-state index in [9.17, 15) is 9.90 Å². The first-order valence-corrected chi connectivity index (χ1v) is 7.82. The molecule has 0 atom stereocenters. The number of aromatic nitrogens is 2. The van der Waals surface area contributed by atoms with Crippen LogP contribution in [0.15, 0.2) is 6.07 Å². The van der Waals surface area contributed by atoms with Crippen LogP contribution in [0.4, 0.5) is 5.95 Å². The van der Waals surface area contributed by atoms with E-state index in [4.69, 9.17) is 4.74 Å². The molecule has 2 saturated heterocycles. The van der Waals surface area contributed by atoms with Gasteiger partial charge in [0.1, 0.15) is 0 Å².